The van der Waals surface area contributed by atoms with Crippen molar-refractivity contribution in [3.05, 3.63) is 71.3 Å². The van der Waals surface area contributed by atoms with Crippen molar-refractivity contribution in [2.75, 3.05) is 40.5 Å². The van der Waals surface area contributed by atoms with E-state index in [1.54, 1.807) is 7.11 Å². The first-order valence-electron chi connectivity index (χ1n) is 11.5. The Morgan fingerprint density at radius 1 is 0.970 bits per heavy atom. The molecule has 2 aromatic rings. The molecule has 1 aliphatic heterocycles. The van der Waals surface area contributed by atoms with Crippen LogP contribution in [0.15, 0.2) is 59.6 Å². The predicted molar refractivity (Wildman–Crippen MR) is 144 cm³/mol. The number of hydrogen-bond donors (Lipinski definition) is 1. The van der Waals surface area contributed by atoms with Gasteiger partial charge in [-0.05, 0) is 36.0 Å². The molecule has 0 radical (unpaired) electrons. The first-order valence-corrected chi connectivity index (χ1v) is 11.5. The van der Waals surface area contributed by atoms with E-state index in [0.717, 1.165) is 58.1 Å². The standard InChI is InChI=1S/C26H37N3O3.HI/c1-27-26(29-15-13-25(14-16-29)32-18-8-17-30-2)28-19-23-11-6-7-12-24(23)21-31-20-22-9-4-3-5-10-22;/h3-7,9-12,25H,8,13-21H2,1-2H3,(H,27,28);1H. The van der Waals surface area contributed by atoms with E-state index in [1.165, 1.54) is 16.7 Å². The fraction of sp³-hybridized carbons (Fsp3) is 0.500. The lowest BCUT2D eigenvalue weighted by atomic mass is 10.1. The Morgan fingerprint density at radius 3 is 2.36 bits per heavy atom. The molecule has 0 spiro atoms. The summed E-state index contributed by atoms with van der Waals surface area (Å²) in [5, 5.41) is 3.54. The summed E-state index contributed by atoms with van der Waals surface area (Å²) in [6.45, 7) is 5.38. The van der Waals surface area contributed by atoms with E-state index >= 15 is 0 Å². The molecule has 1 fully saturated rings. The highest BCUT2D eigenvalue weighted by atomic mass is 127. The Kier molecular flexibility index (Phi) is 13.4. The molecule has 0 amide bonds. The van der Waals surface area contributed by atoms with Crippen LogP contribution in [0, 0.1) is 0 Å². The van der Waals surface area contributed by atoms with Gasteiger partial charge in [-0.3, -0.25) is 4.99 Å². The lowest BCUT2D eigenvalue weighted by molar-refractivity contribution is 0.00989. The van der Waals surface area contributed by atoms with Crippen molar-refractivity contribution >= 4 is 29.9 Å². The summed E-state index contributed by atoms with van der Waals surface area (Å²) in [5.41, 5.74) is 3.63. The van der Waals surface area contributed by atoms with Gasteiger partial charge < -0.3 is 24.4 Å². The molecule has 0 aliphatic carbocycles. The summed E-state index contributed by atoms with van der Waals surface area (Å²) >= 11 is 0. The zero-order valence-corrected chi connectivity index (χ0v) is 22.2. The molecule has 33 heavy (non-hydrogen) atoms. The van der Waals surface area contributed by atoms with E-state index in [1.807, 2.05) is 25.2 Å². The summed E-state index contributed by atoms with van der Waals surface area (Å²) in [6, 6.07) is 18.7. The number of piperidine rings is 1. The first-order chi connectivity index (χ1) is 15.8. The van der Waals surface area contributed by atoms with Crippen molar-refractivity contribution in [2.24, 2.45) is 4.99 Å². The molecule has 7 heteroatoms. The summed E-state index contributed by atoms with van der Waals surface area (Å²) in [5.74, 6) is 0.947. The average molecular weight is 568 g/mol. The molecule has 0 aromatic heterocycles. The van der Waals surface area contributed by atoms with Gasteiger partial charge in [-0.25, -0.2) is 0 Å². The fourth-order valence-electron chi connectivity index (χ4n) is 3.92. The molecular formula is C26H38IN3O3. The number of nitrogens with one attached hydrogen (secondary N) is 1. The van der Waals surface area contributed by atoms with Crippen LogP contribution in [0.25, 0.3) is 0 Å². The number of likely N-dealkylation sites (tertiary alicyclic amines) is 1. The monoisotopic (exact) mass is 567 g/mol. The zero-order chi connectivity index (χ0) is 22.4. The number of halogens is 1. The summed E-state index contributed by atoms with van der Waals surface area (Å²) in [7, 11) is 3.58. The first kappa shape index (κ1) is 27.6. The second kappa shape index (κ2) is 16.0. The largest absolute Gasteiger partial charge is 0.385 e. The van der Waals surface area contributed by atoms with Crippen LogP contribution in [-0.4, -0.2) is 57.4 Å². The van der Waals surface area contributed by atoms with E-state index in [0.29, 0.717) is 19.3 Å². The van der Waals surface area contributed by atoms with Crippen molar-refractivity contribution in [3.63, 3.8) is 0 Å². The van der Waals surface area contributed by atoms with Crippen LogP contribution >= 0.6 is 24.0 Å². The van der Waals surface area contributed by atoms with Gasteiger partial charge in [-0.15, -0.1) is 24.0 Å². The van der Waals surface area contributed by atoms with Gasteiger partial charge in [0.2, 0.25) is 0 Å². The van der Waals surface area contributed by atoms with Gasteiger partial charge in [-0.2, -0.15) is 0 Å². The molecule has 0 bridgehead atoms. The van der Waals surface area contributed by atoms with Crippen molar-refractivity contribution in [2.45, 2.75) is 45.1 Å². The van der Waals surface area contributed by atoms with Crippen LogP contribution < -0.4 is 5.32 Å². The highest BCUT2D eigenvalue weighted by Gasteiger charge is 2.21. The average Bonchev–Trinajstić information content (AvgIpc) is 2.84. The molecule has 2 aromatic carbocycles. The number of nitrogens with zero attached hydrogens (tertiary/aromatic N) is 2. The molecule has 0 saturated carbocycles. The second-order valence-electron chi connectivity index (χ2n) is 8.05. The third-order valence-corrected chi connectivity index (χ3v) is 5.72. The Morgan fingerprint density at radius 2 is 1.67 bits per heavy atom. The minimum Gasteiger partial charge on any atom is -0.385 e. The Balaban J connectivity index is 0.00000385. The van der Waals surface area contributed by atoms with Crippen LogP contribution in [0.3, 0.4) is 0 Å². The number of ether oxygens (including phenoxy) is 3. The third kappa shape index (κ3) is 9.60. The summed E-state index contributed by atoms with van der Waals surface area (Å²) < 4.78 is 17.0. The number of benzene rings is 2. The number of rotatable bonds is 11. The molecule has 1 aliphatic rings. The molecular weight excluding hydrogens is 529 g/mol. The summed E-state index contributed by atoms with van der Waals surface area (Å²) in [6.07, 6.45) is 3.34. The normalized spacial score (nSPS) is 14.7. The van der Waals surface area contributed by atoms with Crippen LogP contribution in [0.1, 0.15) is 36.0 Å². The molecule has 1 heterocycles. The van der Waals surface area contributed by atoms with Gasteiger partial charge >= 0.3 is 0 Å². The van der Waals surface area contributed by atoms with E-state index in [-0.39, 0.29) is 24.0 Å². The molecule has 6 nitrogen and oxygen atoms in total. The second-order valence-corrected chi connectivity index (χ2v) is 8.05. The van der Waals surface area contributed by atoms with Gasteiger partial charge in [0.05, 0.1) is 19.3 Å². The van der Waals surface area contributed by atoms with Crippen molar-refractivity contribution in [1.29, 1.82) is 0 Å². The minimum absolute atomic E-state index is 0. The van der Waals surface area contributed by atoms with Crippen molar-refractivity contribution in [3.8, 4) is 0 Å². The van der Waals surface area contributed by atoms with Gasteiger partial charge in [0.15, 0.2) is 5.96 Å². The third-order valence-electron chi connectivity index (χ3n) is 5.72. The lowest BCUT2D eigenvalue weighted by Crippen LogP contribution is -2.46. The van der Waals surface area contributed by atoms with Crippen LogP contribution in [0.5, 0.6) is 0 Å². The summed E-state index contributed by atoms with van der Waals surface area (Å²) in [4.78, 5) is 6.84. The molecule has 0 unspecified atom stereocenters. The van der Waals surface area contributed by atoms with Crippen LogP contribution in [-0.2, 0) is 34.0 Å². The van der Waals surface area contributed by atoms with E-state index in [2.05, 4.69) is 51.6 Å². The van der Waals surface area contributed by atoms with E-state index < -0.39 is 0 Å². The maximum absolute atomic E-state index is 5.98. The number of guanidine groups is 1. The van der Waals surface area contributed by atoms with Gasteiger partial charge in [0, 0.05) is 47.0 Å². The predicted octanol–water partition coefficient (Wildman–Crippen LogP) is 4.61. The van der Waals surface area contributed by atoms with E-state index in [4.69, 9.17) is 14.2 Å². The fourth-order valence-corrected chi connectivity index (χ4v) is 3.92. The van der Waals surface area contributed by atoms with Gasteiger partial charge in [-0.1, -0.05) is 54.6 Å². The van der Waals surface area contributed by atoms with Crippen LogP contribution in [0.4, 0.5) is 0 Å². The SMILES string of the molecule is CN=C(NCc1ccccc1COCc1ccccc1)N1CCC(OCCCOC)CC1.I. The number of hydrogen-bond acceptors (Lipinski definition) is 4. The number of methoxy groups -OCH3 is 1. The van der Waals surface area contributed by atoms with Gasteiger partial charge in [0.25, 0.3) is 0 Å². The topological polar surface area (TPSA) is 55.3 Å². The van der Waals surface area contributed by atoms with E-state index in [9.17, 15) is 0 Å². The molecule has 0 atom stereocenters. The van der Waals surface area contributed by atoms with Gasteiger partial charge in [0.1, 0.15) is 0 Å². The maximum Gasteiger partial charge on any atom is 0.193 e. The Hall–Kier alpha value is -1.68. The molecule has 1 N–H and O–H groups in total. The minimum atomic E-state index is 0. The van der Waals surface area contributed by atoms with Crippen molar-refractivity contribution in [1.82, 2.24) is 10.2 Å². The highest BCUT2D eigenvalue weighted by Crippen LogP contribution is 2.15. The lowest BCUT2D eigenvalue weighted by Gasteiger charge is -2.34. The molecule has 3 rings (SSSR count). The number of aliphatic imine (C=N–C) groups is 1. The van der Waals surface area contributed by atoms with Crippen LogP contribution in [0.2, 0.25) is 0 Å². The smallest absolute Gasteiger partial charge is 0.193 e. The van der Waals surface area contributed by atoms with Crippen molar-refractivity contribution < 1.29 is 14.2 Å². The Labute approximate surface area is 215 Å². The maximum atomic E-state index is 5.98. The zero-order valence-electron chi connectivity index (χ0n) is 19.9. The molecule has 182 valence electrons. The Bertz CT molecular complexity index is 811. The highest BCUT2D eigenvalue weighted by molar-refractivity contribution is 14.0. The quantitative estimate of drug-likeness (QED) is 0.186. The molecule has 1 saturated heterocycles.